The Hall–Kier alpha value is -1.32. The van der Waals surface area contributed by atoms with Crippen molar-refractivity contribution in [3.63, 3.8) is 0 Å². The first-order valence-corrected chi connectivity index (χ1v) is 6.33. The van der Waals surface area contributed by atoms with Crippen LogP contribution in [0.3, 0.4) is 0 Å². The normalized spacial score (nSPS) is 17.0. The fourth-order valence-corrected chi connectivity index (χ4v) is 2.37. The zero-order valence-corrected chi connectivity index (χ0v) is 10.7. The lowest BCUT2D eigenvalue weighted by Crippen LogP contribution is -2.24. The fraction of sp³-hybridized carbons (Fsp3) is 0.357. The van der Waals surface area contributed by atoms with Crippen molar-refractivity contribution in [2.24, 2.45) is 5.92 Å². The van der Waals surface area contributed by atoms with E-state index in [4.69, 9.17) is 20.8 Å². The number of carbonyl (C=O) groups excluding carboxylic acids is 1. The van der Waals surface area contributed by atoms with Gasteiger partial charge in [-0.1, -0.05) is 11.6 Å². The van der Waals surface area contributed by atoms with Crippen LogP contribution in [-0.2, 0) is 4.74 Å². The summed E-state index contributed by atoms with van der Waals surface area (Å²) >= 11 is 5.91. The highest BCUT2D eigenvalue weighted by atomic mass is 35.5. The van der Waals surface area contributed by atoms with Crippen LogP contribution >= 0.6 is 11.6 Å². The predicted octanol–water partition coefficient (Wildman–Crippen LogP) is 3.69. The number of hydrogen-bond acceptors (Lipinski definition) is 3. The van der Waals surface area contributed by atoms with Crippen molar-refractivity contribution in [3.05, 3.63) is 35.0 Å². The first kappa shape index (κ1) is 11.8. The van der Waals surface area contributed by atoms with Gasteiger partial charge in [0.15, 0.2) is 5.76 Å². The number of Topliss-reactive ketones (excluding diaryl/α,β-unsaturated/α-hetero) is 1. The van der Waals surface area contributed by atoms with E-state index < -0.39 is 0 Å². The molecule has 1 aromatic carbocycles. The molecule has 1 saturated carbocycles. The highest BCUT2D eigenvalue weighted by Crippen LogP contribution is 2.36. The van der Waals surface area contributed by atoms with Gasteiger partial charge >= 0.3 is 0 Å². The van der Waals surface area contributed by atoms with E-state index in [1.54, 1.807) is 31.4 Å². The van der Waals surface area contributed by atoms with Crippen LogP contribution in [-0.4, -0.2) is 19.0 Å². The van der Waals surface area contributed by atoms with Crippen molar-refractivity contribution < 1.29 is 13.9 Å². The van der Waals surface area contributed by atoms with E-state index >= 15 is 0 Å². The minimum atomic E-state index is -0.374. The lowest BCUT2D eigenvalue weighted by molar-refractivity contribution is 0.0515. The largest absolute Gasteiger partial charge is 0.453 e. The van der Waals surface area contributed by atoms with Gasteiger partial charge in [-0.15, -0.1) is 0 Å². The molecule has 3 rings (SSSR count). The zero-order valence-electron chi connectivity index (χ0n) is 9.98. The number of rotatable bonds is 4. The summed E-state index contributed by atoms with van der Waals surface area (Å²) in [7, 11) is 1.57. The van der Waals surface area contributed by atoms with Crippen LogP contribution in [0.1, 0.15) is 23.4 Å². The Kier molecular flexibility index (Phi) is 2.88. The second-order valence-electron chi connectivity index (χ2n) is 4.65. The average molecular weight is 265 g/mol. The van der Waals surface area contributed by atoms with Crippen LogP contribution in [0.5, 0.6) is 0 Å². The van der Waals surface area contributed by atoms with Crippen LogP contribution in [0.2, 0.25) is 5.02 Å². The van der Waals surface area contributed by atoms with Gasteiger partial charge in [-0.3, -0.25) is 4.79 Å². The number of methoxy groups -OCH3 is 1. The lowest BCUT2D eigenvalue weighted by Gasteiger charge is -2.10. The van der Waals surface area contributed by atoms with E-state index in [2.05, 4.69) is 0 Å². The molecule has 1 atom stereocenters. The van der Waals surface area contributed by atoms with Crippen LogP contribution in [0.4, 0.5) is 0 Å². The second-order valence-corrected chi connectivity index (χ2v) is 5.09. The molecule has 94 valence electrons. The van der Waals surface area contributed by atoms with E-state index in [-0.39, 0.29) is 11.9 Å². The van der Waals surface area contributed by atoms with E-state index in [0.29, 0.717) is 22.3 Å². The Bertz CT molecular complexity index is 598. The molecule has 1 aliphatic carbocycles. The molecule has 0 radical (unpaired) electrons. The second kappa shape index (κ2) is 4.41. The third kappa shape index (κ3) is 2.04. The summed E-state index contributed by atoms with van der Waals surface area (Å²) in [4.78, 5) is 12.3. The maximum absolute atomic E-state index is 12.3. The minimum Gasteiger partial charge on any atom is -0.453 e. The molecule has 0 spiro atoms. The third-order valence-electron chi connectivity index (χ3n) is 3.28. The Morgan fingerprint density at radius 1 is 1.44 bits per heavy atom. The Balaban J connectivity index is 1.95. The smallest absolute Gasteiger partial charge is 0.226 e. The van der Waals surface area contributed by atoms with Crippen molar-refractivity contribution >= 4 is 28.4 Å². The number of carbonyl (C=O) groups is 1. The molecular weight excluding hydrogens is 252 g/mol. The average Bonchev–Trinajstić information content (AvgIpc) is 3.08. The molecule has 1 aliphatic rings. The van der Waals surface area contributed by atoms with Crippen LogP contribution < -0.4 is 0 Å². The number of benzene rings is 1. The zero-order chi connectivity index (χ0) is 12.7. The number of furan rings is 1. The molecule has 1 heterocycles. The fourth-order valence-electron chi connectivity index (χ4n) is 2.19. The molecule has 1 unspecified atom stereocenters. The number of ether oxygens (including phenoxy) is 1. The summed E-state index contributed by atoms with van der Waals surface area (Å²) in [5.41, 5.74) is 0.674. The van der Waals surface area contributed by atoms with Crippen molar-refractivity contribution in [1.29, 1.82) is 0 Å². The number of hydrogen-bond donors (Lipinski definition) is 0. The van der Waals surface area contributed by atoms with Crippen LogP contribution in [0, 0.1) is 5.92 Å². The predicted molar refractivity (Wildman–Crippen MR) is 69.1 cm³/mol. The van der Waals surface area contributed by atoms with Gasteiger partial charge in [-0.2, -0.15) is 0 Å². The highest BCUT2D eigenvalue weighted by Gasteiger charge is 2.37. The van der Waals surface area contributed by atoms with Crippen LogP contribution in [0.15, 0.2) is 28.7 Å². The quantitative estimate of drug-likeness (QED) is 0.791. The van der Waals surface area contributed by atoms with Gasteiger partial charge in [0.25, 0.3) is 0 Å². The first-order valence-electron chi connectivity index (χ1n) is 5.95. The molecule has 18 heavy (non-hydrogen) atoms. The summed E-state index contributed by atoms with van der Waals surface area (Å²) < 4.78 is 10.8. The molecule has 4 heteroatoms. The van der Waals surface area contributed by atoms with E-state index in [1.807, 2.05) is 0 Å². The monoisotopic (exact) mass is 264 g/mol. The topological polar surface area (TPSA) is 39.4 Å². The van der Waals surface area contributed by atoms with Crippen molar-refractivity contribution in [1.82, 2.24) is 0 Å². The molecule has 1 aromatic heterocycles. The molecule has 2 aromatic rings. The molecule has 0 N–H and O–H groups in total. The molecule has 1 fully saturated rings. The summed E-state index contributed by atoms with van der Waals surface area (Å²) in [6.07, 6.45) is 1.73. The van der Waals surface area contributed by atoms with Crippen molar-refractivity contribution in [3.8, 4) is 0 Å². The Labute approximate surface area is 110 Å². The first-order chi connectivity index (χ1) is 8.69. The summed E-state index contributed by atoms with van der Waals surface area (Å²) in [5, 5.41) is 1.48. The van der Waals surface area contributed by atoms with Gasteiger partial charge in [-0.25, -0.2) is 0 Å². The lowest BCUT2D eigenvalue weighted by atomic mass is 10.1. The third-order valence-corrected chi connectivity index (χ3v) is 3.52. The molecule has 0 bridgehead atoms. The Morgan fingerprint density at radius 2 is 2.22 bits per heavy atom. The van der Waals surface area contributed by atoms with E-state index in [9.17, 15) is 4.79 Å². The van der Waals surface area contributed by atoms with Gasteiger partial charge < -0.3 is 9.15 Å². The van der Waals surface area contributed by atoms with Crippen molar-refractivity contribution in [2.45, 2.75) is 18.9 Å². The van der Waals surface area contributed by atoms with Crippen LogP contribution in [0.25, 0.3) is 11.0 Å². The summed E-state index contributed by atoms with van der Waals surface area (Å²) in [5.74, 6) is 0.623. The Morgan fingerprint density at radius 3 is 2.89 bits per heavy atom. The van der Waals surface area contributed by atoms with E-state index in [1.165, 1.54) is 0 Å². The molecule has 0 amide bonds. The van der Waals surface area contributed by atoms with E-state index in [0.717, 1.165) is 18.2 Å². The van der Waals surface area contributed by atoms with Gasteiger partial charge in [0.2, 0.25) is 5.78 Å². The molecule has 0 aliphatic heterocycles. The molecular formula is C14H13ClO3. The standard InChI is InChI=1S/C14H13ClO3/c1-17-14(8-2-3-8)13(16)12-7-9-6-10(15)4-5-11(9)18-12/h4-8,14H,2-3H2,1H3. The highest BCUT2D eigenvalue weighted by molar-refractivity contribution is 6.31. The van der Waals surface area contributed by atoms with Gasteiger partial charge in [-0.05, 0) is 43.0 Å². The summed E-state index contributed by atoms with van der Waals surface area (Å²) in [6, 6.07) is 7.04. The maximum atomic E-state index is 12.3. The molecule has 0 saturated heterocycles. The molecule has 3 nitrogen and oxygen atoms in total. The maximum Gasteiger partial charge on any atom is 0.226 e. The van der Waals surface area contributed by atoms with Gasteiger partial charge in [0.05, 0.1) is 0 Å². The number of ketones is 1. The number of fused-ring (bicyclic) bond motifs is 1. The SMILES string of the molecule is COC(C(=O)c1cc2cc(Cl)ccc2o1)C1CC1. The number of halogens is 1. The van der Waals surface area contributed by atoms with Gasteiger partial charge in [0, 0.05) is 17.5 Å². The van der Waals surface area contributed by atoms with Gasteiger partial charge in [0.1, 0.15) is 11.7 Å². The van der Waals surface area contributed by atoms with Crippen molar-refractivity contribution in [2.75, 3.05) is 7.11 Å². The minimum absolute atomic E-state index is 0.0766. The summed E-state index contributed by atoms with van der Waals surface area (Å²) in [6.45, 7) is 0.